The highest BCUT2D eigenvalue weighted by Crippen LogP contribution is 2.17. The van der Waals surface area contributed by atoms with E-state index in [0.29, 0.717) is 16.7 Å². The van der Waals surface area contributed by atoms with Gasteiger partial charge in [0, 0.05) is 12.6 Å². The summed E-state index contributed by atoms with van der Waals surface area (Å²) < 4.78 is 15.9. The van der Waals surface area contributed by atoms with Crippen LogP contribution in [0.4, 0.5) is 4.39 Å². The molecule has 8 heteroatoms. The summed E-state index contributed by atoms with van der Waals surface area (Å²) in [5.41, 5.74) is 0.669. The molecule has 3 heterocycles. The lowest BCUT2D eigenvalue weighted by atomic mass is 10.0. The van der Waals surface area contributed by atoms with Gasteiger partial charge in [-0.15, -0.1) is 0 Å². The van der Waals surface area contributed by atoms with E-state index in [1.54, 1.807) is 12.1 Å². The van der Waals surface area contributed by atoms with E-state index in [-0.39, 0.29) is 29.9 Å². The van der Waals surface area contributed by atoms with Gasteiger partial charge in [-0.2, -0.15) is 5.10 Å². The number of carbonyl (C=O) groups is 1. The zero-order valence-electron chi connectivity index (χ0n) is 15.0. The molecule has 140 valence electrons. The summed E-state index contributed by atoms with van der Waals surface area (Å²) in [6.07, 6.45) is 5.91. The number of fused-ring (bicyclic) bond motifs is 1. The molecule has 1 aliphatic heterocycles. The summed E-state index contributed by atoms with van der Waals surface area (Å²) in [7, 11) is 0. The van der Waals surface area contributed by atoms with E-state index in [1.807, 2.05) is 11.8 Å². The second-order valence-corrected chi connectivity index (χ2v) is 6.88. The number of carbonyl (C=O) groups excluding carboxylic acids is 1. The van der Waals surface area contributed by atoms with Crippen LogP contribution in [-0.2, 0) is 11.3 Å². The Morgan fingerprint density at radius 3 is 2.78 bits per heavy atom. The number of benzene rings is 1. The summed E-state index contributed by atoms with van der Waals surface area (Å²) in [6.45, 7) is 2.73. The highest BCUT2D eigenvalue weighted by Gasteiger charge is 2.24. The predicted octanol–water partition coefficient (Wildman–Crippen LogP) is 2.12. The quantitative estimate of drug-likeness (QED) is 0.709. The lowest BCUT2D eigenvalue weighted by Crippen LogP contribution is -2.44. The SMILES string of the molecule is CC1CCCCN1C(=O)Cn1cnc2c(cnn2-c2ccc(F)cc2)c1=O. The maximum Gasteiger partial charge on any atom is 0.264 e. The Morgan fingerprint density at radius 1 is 1.26 bits per heavy atom. The molecular formula is C19H20FN5O2. The van der Waals surface area contributed by atoms with E-state index in [0.717, 1.165) is 25.8 Å². The largest absolute Gasteiger partial charge is 0.338 e. The van der Waals surface area contributed by atoms with Crippen molar-refractivity contribution in [1.82, 2.24) is 24.2 Å². The van der Waals surface area contributed by atoms with E-state index in [4.69, 9.17) is 0 Å². The Hall–Kier alpha value is -3.03. The minimum Gasteiger partial charge on any atom is -0.338 e. The number of nitrogens with zero attached hydrogens (tertiary/aromatic N) is 5. The van der Waals surface area contributed by atoms with Gasteiger partial charge in [-0.3, -0.25) is 14.2 Å². The highest BCUT2D eigenvalue weighted by molar-refractivity contribution is 5.78. The second-order valence-electron chi connectivity index (χ2n) is 6.88. The van der Waals surface area contributed by atoms with Crippen molar-refractivity contribution in [3.8, 4) is 5.69 Å². The normalized spacial score (nSPS) is 17.4. The molecule has 0 radical (unpaired) electrons. The van der Waals surface area contributed by atoms with E-state index in [9.17, 15) is 14.0 Å². The van der Waals surface area contributed by atoms with Crippen LogP contribution in [0, 0.1) is 5.82 Å². The molecule has 4 rings (SSSR count). The van der Waals surface area contributed by atoms with E-state index in [1.165, 1.54) is 33.9 Å². The van der Waals surface area contributed by atoms with Gasteiger partial charge < -0.3 is 4.90 Å². The molecule has 0 bridgehead atoms. The van der Waals surface area contributed by atoms with Crippen LogP contribution < -0.4 is 5.56 Å². The Bertz CT molecular complexity index is 1040. The van der Waals surface area contributed by atoms with Gasteiger partial charge in [-0.05, 0) is 50.5 Å². The lowest BCUT2D eigenvalue weighted by molar-refractivity contribution is -0.135. The van der Waals surface area contributed by atoms with Crippen LogP contribution in [0.2, 0.25) is 0 Å². The van der Waals surface area contributed by atoms with Gasteiger partial charge >= 0.3 is 0 Å². The second kappa shape index (κ2) is 6.94. The summed E-state index contributed by atoms with van der Waals surface area (Å²) in [5, 5.41) is 4.52. The van der Waals surface area contributed by atoms with E-state index < -0.39 is 0 Å². The summed E-state index contributed by atoms with van der Waals surface area (Å²) >= 11 is 0. The lowest BCUT2D eigenvalue weighted by Gasteiger charge is -2.33. The monoisotopic (exact) mass is 369 g/mol. The fourth-order valence-corrected chi connectivity index (χ4v) is 3.54. The average Bonchev–Trinajstić information content (AvgIpc) is 3.10. The van der Waals surface area contributed by atoms with Crippen LogP contribution in [0.5, 0.6) is 0 Å². The Kier molecular flexibility index (Phi) is 4.47. The van der Waals surface area contributed by atoms with Crippen molar-refractivity contribution >= 4 is 16.9 Å². The first kappa shape index (κ1) is 17.4. The van der Waals surface area contributed by atoms with Crippen LogP contribution in [0.3, 0.4) is 0 Å². The minimum absolute atomic E-state index is 0.0339. The van der Waals surface area contributed by atoms with Crippen molar-refractivity contribution < 1.29 is 9.18 Å². The van der Waals surface area contributed by atoms with Gasteiger partial charge in [0.2, 0.25) is 5.91 Å². The zero-order valence-corrected chi connectivity index (χ0v) is 15.0. The molecule has 0 spiro atoms. The van der Waals surface area contributed by atoms with Gasteiger partial charge in [-0.25, -0.2) is 14.1 Å². The van der Waals surface area contributed by atoms with Crippen LogP contribution >= 0.6 is 0 Å². The Morgan fingerprint density at radius 2 is 2.04 bits per heavy atom. The third-order valence-corrected chi connectivity index (χ3v) is 5.05. The molecule has 0 N–H and O–H groups in total. The van der Waals surface area contributed by atoms with Crippen LogP contribution in [0.15, 0.2) is 41.6 Å². The predicted molar refractivity (Wildman–Crippen MR) is 98.1 cm³/mol. The molecule has 3 aromatic rings. The number of halogens is 1. The maximum atomic E-state index is 13.1. The van der Waals surface area contributed by atoms with Crippen molar-refractivity contribution in [2.75, 3.05) is 6.54 Å². The summed E-state index contributed by atoms with van der Waals surface area (Å²) in [5.74, 6) is -0.424. The molecule has 7 nitrogen and oxygen atoms in total. The van der Waals surface area contributed by atoms with E-state index in [2.05, 4.69) is 10.1 Å². The summed E-state index contributed by atoms with van der Waals surface area (Å²) in [4.78, 5) is 31.5. The Balaban J connectivity index is 1.64. The first-order valence-corrected chi connectivity index (χ1v) is 9.03. The summed E-state index contributed by atoms with van der Waals surface area (Å²) in [6, 6.07) is 5.97. The molecule has 1 saturated heterocycles. The van der Waals surface area contributed by atoms with Gasteiger partial charge in [-0.1, -0.05) is 0 Å². The molecule has 1 aromatic carbocycles. The molecule has 27 heavy (non-hydrogen) atoms. The number of likely N-dealkylation sites (tertiary alicyclic amines) is 1. The average molecular weight is 369 g/mol. The van der Waals surface area contributed by atoms with Crippen molar-refractivity contribution in [2.24, 2.45) is 0 Å². The molecule has 0 saturated carbocycles. The fourth-order valence-electron chi connectivity index (χ4n) is 3.54. The van der Waals surface area contributed by atoms with Crippen LogP contribution in [0.1, 0.15) is 26.2 Å². The highest BCUT2D eigenvalue weighted by atomic mass is 19.1. The molecule has 1 atom stereocenters. The number of rotatable bonds is 3. The first-order chi connectivity index (χ1) is 13.0. The molecule has 1 unspecified atom stereocenters. The third kappa shape index (κ3) is 3.22. The van der Waals surface area contributed by atoms with Gasteiger partial charge in [0.15, 0.2) is 5.65 Å². The van der Waals surface area contributed by atoms with Crippen LogP contribution in [-0.4, -0.2) is 42.7 Å². The number of piperidine rings is 1. The smallest absolute Gasteiger partial charge is 0.264 e. The number of aromatic nitrogens is 4. The Labute approximate surface area is 155 Å². The molecule has 0 aliphatic carbocycles. The van der Waals surface area contributed by atoms with Crippen molar-refractivity contribution in [3.63, 3.8) is 0 Å². The van der Waals surface area contributed by atoms with E-state index >= 15 is 0 Å². The van der Waals surface area contributed by atoms with Gasteiger partial charge in [0.25, 0.3) is 5.56 Å². The third-order valence-electron chi connectivity index (χ3n) is 5.05. The molecule has 1 amide bonds. The standard InChI is InChI=1S/C19H20FN5O2/c1-13-4-2-3-9-24(13)17(26)11-23-12-21-18-16(19(23)27)10-22-25(18)15-7-5-14(20)6-8-15/h5-8,10,12-13H,2-4,9,11H2,1H3. The molecule has 1 aliphatic rings. The fraction of sp³-hybridized carbons (Fsp3) is 0.368. The number of hydrogen-bond acceptors (Lipinski definition) is 4. The van der Waals surface area contributed by atoms with Crippen LogP contribution in [0.25, 0.3) is 16.7 Å². The molecular weight excluding hydrogens is 349 g/mol. The number of hydrogen-bond donors (Lipinski definition) is 0. The minimum atomic E-state index is -0.351. The number of amides is 1. The van der Waals surface area contributed by atoms with Gasteiger partial charge in [0.05, 0.1) is 11.9 Å². The van der Waals surface area contributed by atoms with Gasteiger partial charge in [0.1, 0.15) is 24.1 Å². The van der Waals surface area contributed by atoms with Crippen molar-refractivity contribution in [1.29, 1.82) is 0 Å². The first-order valence-electron chi connectivity index (χ1n) is 9.03. The molecule has 1 fully saturated rings. The zero-order chi connectivity index (χ0) is 19.0. The maximum absolute atomic E-state index is 13.1. The topological polar surface area (TPSA) is 73.0 Å². The van der Waals surface area contributed by atoms with Crippen molar-refractivity contribution in [3.05, 3.63) is 53.0 Å². The molecule has 2 aromatic heterocycles. The van der Waals surface area contributed by atoms with Crippen molar-refractivity contribution in [2.45, 2.75) is 38.8 Å².